The van der Waals surface area contributed by atoms with Gasteiger partial charge < -0.3 is 10.8 Å². The second kappa shape index (κ2) is 1.20. The molecule has 3 N–H and O–H groups in total. The Morgan fingerprint density at radius 2 is 2.38 bits per heavy atom. The highest BCUT2D eigenvalue weighted by Gasteiger charge is 2.59. The number of carboxylic acids is 1. The van der Waals surface area contributed by atoms with Crippen molar-refractivity contribution in [3.05, 3.63) is 0 Å². The standard InChI is InChI=1S/C4H6FNO2/c5-2-1-4(2,6)3(7)8/h2H,1,6H2,(H,7,8)/t2-,4-/m1/s1. The average Bonchev–Trinajstić information content (AvgIpc) is 2.17. The van der Waals surface area contributed by atoms with Crippen molar-refractivity contribution in [3.8, 4) is 0 Å². The van der Waals surface area contributed by atoms with Crippen molar-refractivity contribution in [2.75, 3.05) is 0 Å². The van der Waals surface area contributed by atoms with Crippen LogP contribution in [0.15, 0.2) is 0 Å². The van der Waals surface area contributed by atoms with E-state index in [1.54, 1.807) is 0 Å². The second-order valence-electron chi connectivity index (χ2n) is 2.02. The lowest BCUT2D eigenvalue weighted by atomic mass is 10.3. The first-order valence-corrected chi connectivity index (χ1v) is 2.24. The number of alkyl halides is 1. The molecule has 1 aliphatic carbocycles. The van der Waals surface area contributed by atoms with Crippen molar-refractivity contribution < 1.29 is 14.3 Å². The molecule has 1 aliphatic rings. The molecule has 0 unspecified atom stereocenters. The summed E-state index contributed by atoms with van der Waals surface area (Å²) in [5, 5.41) is 8.12. The van der Waals surface area contributed by atoms with Gasteiger partial charge in [0.25, 0.3) is 0 Å². The number of halogens is 1. The van der Waals surface area contributed by atoms with E-state index in [1.807, 2.05) is 0 Å². The monoisotopic (exact) mass is 119 g/mol. The largest absolute Gasteiger partial charge is 0.480 e. The third-order valence-corrected chi connectivity index (χ3v) is 1.31. The topological polar surface area (TPSA) is 63.3 Å². The number of carboxylic acid groups (broad SMARTS) is 1. The predicted octanol–water partition coefficient (Wildman–Crippen LogP) is -0.490. The van der Waals surface area contributed by atoms with Gasteiger partial charge in [0.05, 0.1) is 0 Å². The van der Waals surface area contributed by atoms with Crippen LogP contribution in [0, 0.1) is 0 Å². The Hall–Kier alpha value is -0.640. The molecule has 0 bridgehead atoms. The second-order valence-corrected chi connectivity index (χ2v) is 2.02. The van der Waals surface area contributed by atoms with Gasteiger partial charge in [0.1, 0.15) is 11.7 Å². The molecule has 0 aromatic heterocycles. The van der Waals surface area contributed by atoms with Gasteiger partial charge in [0, 0.05) is 6.42 Å². The molecule has 3 nitrogen and oxygen atoms in total. The summed E-state index contributed by atoms with van der Waals surface area (Å²) in [6.07, 6.45) is -1.37. The van der Waals surface area contributed by atoms with Crippen LogP contribution in [0.2, 0.25) is 0 Å². The molecule has 4 heteroatoms. The molecule has 8 heavy (non-hydrogen) atoms. The molecule has 0 saturated heterocycles. The summed E-state index contributed by atoms with van der Waals surface area (Å²) < 4.78 is 11.9. The Morgan fingerprint density at radius 3 is 2.38 bits per heavy atom. The number of nitrogens with two attached hydrogens (primary N) is 1. The Labute approximate surface area is 45.3 Å². The molecular weight excluding hydrogens is 113 g/mol. The van der Waals surface area contributed by atoms with Crippen LogP contribution in [0.3, 0.4) is 0 Å². The number of hydrogen-bond donors (Lipinski definition) is 2. The predicted molar refractivity (Wildman–Crippen MR) is 24.1 cm³/mol. The van der Waals surface area contributed by atoms with E-state index in [2.05, 4.69) is 0 Å². The van der Waals surface area contributed by atoms with Crippen LogP contribution in [0.4, 0.5) is 4.39 Å². The highest BCUT2D eigenvalue weighted by atomic mass is 19.1. The first-order chi connectivity index (χ1) is 3.57. The average molecular weight is 119 g/mol. The fraction of sp³-hybridized carbons (Fsp3) is 0.750. The maximum absolute atomic E-state index is 11.9. The molecule has 0 heterocycles. The fourth-order valence-electron chi connectivity index (χ4n) is 0.459. The highest BCUT2D eigenvalue weighted by Crippen LogP contribution is 2.36. The summed E-state index contributed by atoms with van der Waals surface area (Å²) in [7, 11) is 0. The van der Waals surface area contributed by atoms with E-state index in [1.165, 1.54) is 0 Å². The summed E-state index contributed by atoms with van der Waals surface area (Å²) >= 11 is 0. The summed E-state index contributed by atoms with van der Waals surface area (Å²) in [6, 6.07) is 0. The van der Waals surface area contributed by atoms with Crippen molar-refractivity contribution in [3.63, 3.8) is 0 Å². The molecule has 0 aromatic rings. The first kappa shape index (κ1) is 5.50. The fourth-order valence-corrected chi connectivity index (χ4v) is 0.459. The zero-order chi connectivity index (χ0) is 6.36. The molecule has 0 amide bonds. The maximum atomic E-state index is 11.9. The molecule has 0 radical (unpaired) electrons. The zero-order valence-electron chi connectivity index (χ0n) is 4.10. The molecule has 46 valence electrons. The van der Waals surface area contributed by atoms with Crippen molar-refractivity contribution in [2.45, 2.75) is 18.1 Å². The zero-order valence-corrected chi connectivity index (χ0v) is 4.10. The van der Waals surface area contributed by atoms with E-state index >= 15 is 0 Å². The van der Waals surface area contributed by atoms with Crippen LogP contribution in [0.25, 0.3) is 0 Å². The van der Waals surface area contributed by atoms with Gasteiger partial charge in [0.15, 0.2) is 0 Å². The van der Waals surface area contributed by atoms with Gasteiger partial charge in [-0.1, -0.05) is 0 Å². The quantitative estimate of drug-likeness (QED) is 0.489. The minimum atomic E-state index is -1.54. The van der Waals surface area contributed by atoms with Gasteiger partial charge in [-0.25, -0.2) is 4.39 Å². The Morgan fingerprint density at radius 1 is 2.00 bits per heavy atom. The van der Waals surface area contributed by atoms with E-state index < -0.39 is 17.7 Å². The number of aliphatic carboxylic acids is 1. The molecule has 2 atom stereocenters. The van der Waals surface area contributed by atoms with E-state index in [9.17, 15) is 9.18 Å². The summed E-state index contributed by atoms with van der Waals surface area (Å²) in [4.78, 5) is 9.93. The highest BCUT2D eigenvalue weighted by molar-refractivity contribution is 5.83. The summed E-state index contributed by atoms with van der Waals surface area (Å²) in [6.45, 7) is 0. The van der Waals surface area contributed by atoms with Crippen LogP contribution in [-0.2, 0) is 4.79 Å². The minimum Gasteiger partial charge on any atom is -0.480 e. The van der Waals surface area contributed by atoms with Crippen LogP contribution in [0.1, 0.15) is 6.42 Å². The molecule has 0 spiro atoms. The number of rotatable bonds is 1. The van der Waals surface area contributed by atoms with E-state index in [0.717, 1.165) is 0 Å². The first-order valence-electron chi connectivity index (χ1n) is 2.24. The van der Waals surface area contributed by atoms with Crippen LogP contribution in [0.5, 0.6) is 0 Å². The van der Waals surface area contributed by atoms with Gasteiger partial charge in [-0.05, 0) is 0 Å². The van der Waals surface area contributed by atoms with E-state index in [0.29, 0.717) is 0 Å². The Balaban J connectivity index is 2.60. The minimum absolute atomic E-state index is 0.0394. The summed E-state index contributed by atoms with van der Waals surface area (Å²) in [5.74, 6) is -1.25. The molecule has 1 saturated carbocycles. The van der Waals surface area contributed by atoms with Crippen molar-refractivity contribution >= 4 is 5.97 Å². The van der Waals surface area contributed by atoms with Crippen molar-refractivity contribution in [1.29, 1.82) is 0 Å². The normalized spacial score (nSPS) is 44.0. The third-order valence-electron chi connectivity index (χ3n) is 1.31. The van der Waals surface area contributed by atoms with E-state index in [-0.39, 0.29) is 6.42 Å². The SMILES string of the molecule is N[C@]1(C(=O)O)C[C@H]1F. The lowest BCUT2D eigenvalue weighted by Gasteiger charge is -1.96. The van der Waals surface area contributed by atoms with Gasteiger partial charge in [-0.2, -0.15) is 0 Å². The van der Waals surface area contributed by atoms with Crippen LogP contribution < -0.4 is 5.73 Å². The van der Waals surface area contributed by atoms with Gasteiger partial charge in [-0.15, -0.1) is 0 Å². The molecule has 1 fully saturated rings. The molecule has 0 aliphatic heterocycles. The van der Waals surface area contributed by atoms with Crippen LogP contribution >= 0.6 is 0 Å². The third kappa shape index (κ3) is 0.494. The number of hydrogen-bond acceptors (Lipinski definition) is 2. The number of carbonyl (C=O) groups is 1. The Kier molecular flexibility index (Phi) is 0.822. The lowest BCUT2D eigenvalue weighted by Crippen LogP contribution is -2.35. The molecule has 0 aromatic carbocycles. The summed E-state index contributed by atoms with van der Waals surface area (Å²) in [5.41, 5.74) is 3.42. The smallest absolute Gasteiger partial charge is 0.326 e. The maximum Gasteiger partial charge on any atom is 0.326 e. The van der Waals surface area contributed by atoms with Crippen LogP contribution in [-0.4, -0.2) is 22.8 Å². The van der Waals surface area contributed by atoms with Crippen molar-refractivity contribution in [2.24, 2.45) is 5.73 Å². The lowest BCUT2D eigenvalue weighted by molar-refractivity contribution is -0.140. The van der Waals surface area contributed by atoms with E-state index in [4.69, 9.17) is 10.8 Å². The molecular formula is C4H6FNO2. The molecule has 1 rings (SSSR count). The Bertz CT molecular complexity index is 138. The van der Waals surface area contributed by atoms with Gasteiger partial charge in [0.2, 0.25) is 0 Å². The van der Waals surface area contributed by atoms with Gasteiger partial charge >= 0.3 is 5.97 Å². The van der Waals surface area contributed by atoms with Gasteiger partial charge in [-0.3, -0.25) is 4.79 Å². The van der Waals surface area contributed by atoms with Crippen molar-refractivity contribution in [1.82, 2.24) is 0 Å².